The summed E-state index contributed by atoms with van der Waals surface area (Å²) < 4.78 is 5.11. The van der Waals surface area contributed by atoms with E-state index in [1.54, 1.807) is 31.4 Å². The van der Waals surface area contributed by atoms with E-state index in [9.17, 15) is 4.79 Å². The molecule has 0 fully saturated rings. The molecule has 0 saturated heterocycles. The number of benzene rings is 2. The summed E-state index contributed by atoms with van der Waals surface area (Å²) in [7, 11) is 1.61. The molecule has 0 bridgehead atoms. The minimum absolute atomic E-state index is 0.0546. The van der Waals surface area contributed by atoms with Crippen LogP contribution in [0.1, 0.15) is 40.4 Å². The van der Waals surface area contributed by atoms with Gasteiger partial charge in [0.2, 0.25) is 0 Å². The second-order valence-electron chi connectivity index (χ2n) is 5.61. The number of rotatable bonds is 3. The average Bonchev–Trinajstić information content (AvgIpc) is 2.55. The number of aryl methyl sites for hydroxylation is 1. The van der Waals surface area contributed by atoms with E-state index in [2.05, 4.69) is 5.32 Å². The summed E-state index contributed by atoms with van der Waals surface area (Å²) >= 11 is 0. The summed E-state index contributed by atoms with van der Waals surface area (Å²) in [5.74, 6) is 0.687. The molecule has 22 heavy (non-hydrogen) atoms. The second kappa shape index (κ2) is 6.10. The molecule has 0 aromatic heterocycles. The highest BCUT2D eigenvalue weighted by Gasteiger charge is 2.22. The van der Waals surface area contributed by atoms with Crippen molar-refractivity contribution in [3.05, 3.63) is 59.2 Å². The zero-order chi connectivity index (χ0) is 15.5. The van der Waals surface area contributed by atoms with Crippen LogP contribution < -0.4 is 15.8 Å². The van der Waals surface area contributed by atoms with Crippen LogP contribution in [0, 0.1) is 0 Å². The van der Waals surface area contributed by atoms with Crippen LogP contribution in [0.15, 0.2) is 42.5 Å². The molecule has 4 heteroatoms. The lowest BCUT2D eigenvalue weighted by Gasteiger charge is -2.26. The van der Waals surface area contributed by atoms with Gasteiger partial charge in [-0.3, -0.25) is 4.79 Å². The molecule has 4 nitrogen and oxygen atoms in total. The minimum Gasteiger partial charge on any atom is -0.497 e. The molecule has 2 aromatic carbocycles. The van der Waals surface area contributed by atoms with Crippen LogP contribution in [0.2, 0.25) is 0 Å². The van der Waals surface area contributed by atoms with Crippen LogP contribution in [-0.2, 0) is 6.42 Å². The van der Waals surface area contributed by atoms with Crippen molar-refractivity contribution in [2.75, 3.05) is 12.8 Å². The van der Waals surface area contributed by atoms with Gasteiger partial charge >= 0.3 is 0 Å². The van der Waals surface area contributed by atoms with Crippen molar-refractivity contribution < 1.29 is 9.53 Å². The summed E-state index contributed by atoms with van der Waals surface area (Å²) in [6, 6.07) is 13.1. The first-order valence-corrected chi connectivity index (χ1v) is 7.50. The number of nitrogens with two attached hydrogens (primary N) is 1. The first kappa shape index (κ1) is 14.4. The average molecular weight is 296 g/mol. The van der Waals surface area contributed by atoms with E-state index < -0.39 is 0 Å². The lowest BCUT2D eigenvalue weighted by molar-refractivity contribution is 0.0932. The molecule has 0 saturated carbocycles. The molecule has 1 aliphatic carbocycles. The van der Waals surface area contributed by atoms with Crippen molar-refractivity contribution in [1.29, 1.82) is 0 Å². The van der Waals surface area contributed by atoms with E-state index in [0.29, 0.717) is 5.56 Å². The van der Waals surface area contributed by atoms with E-state index in [-0.39, 0.29) is 11.9 Å². The Labute approximate surface area is 130 Å². The van der Waals surface area contributed by atoms with Gasteiger partial charge in [-0.1, -0.05) is 6.07 Å². The van der Waals surface area contributed by atoms with Gasteiger partial charge in [-0.05, 0) is 66.8 Å². The van der Waals surface area contributed by atoms with E-state index in [1.807, 2.05) is 18.2 Å². The Bertz CT molecular complexity index is 680. The predicted molar refractivity (Wildman–Crippen MR) is 87.0 cm³/mol. The van der Waals surface area contributed by atoms with Crippen molar-refractivity contribution in [1.82, 2.24) is 5.32 Å². The van der Waals surface area contributed by atoms with Gasteiger partial charge in [-0.2, -0.15) is 0 Å². The van der Waals surface area contributed by atoms with Crippen molar-refractivity contribution in [3.8, 4) is 5.75 Å². The highest BCUT2D eigenvalue weighted by molar-refractivity contribution is 5.94. The standard InChI is InChI=1S/C18H20N2O2/c1-22-15-8-5-12(6-9-15)18(21)20-17-4-2-3-13-11-14(19)7-10-16(13)17/h5-11,17H,2-4,19H2,1H3,(H,20,21). The van der Waals surface area contributed by atoms with Gasteiger partial charge in [0.25, 0.3) is 5.91 Å². The summed E-state index contributed by atoms with van der Waals surface area (Å²) in [5.41, 5.74) is 9.69. The number of carbonyl (C=O) groups excluding carboxylic acids is 1. The first-order valence-electron chi connectivity index (χ1n) is 7.50. The Kier molecular flexibility index (Phi) is 4.00. The summed E-state index contributed by atoms with van der Waals surface area (Å²) in [5, 5.41) is 3.13. The fourth-order valence-corrected chi connectivity index (χ4v) is 2.97. The minimum atomic E-state index is -0.0580. The van der Waals surface area contributed by atoms with Crippen molar-refractivity contribution in [3.63, 3.8) is 0 Å². The Morgan fingerprint density at radius 1 is 1.23 bits per heavy atom. The number of nitrogens with one attached hydrogen (secondary N) is 1. The Morgan fingerprint density at radius 2 is 2.00 bits per heavy atom. The molecule has 3 rings (SSSR count). The van der Waals surface area contributed by atoms with Crippen molar-refractivity contribution in [2.45, 2.75) is 25.3 Å². The number of hydrogen-bond donors (Lipinski definition) is 2. The molecule has 1 aliphatic rings. The van der Waals surface area contributed by atoms with Gasteiger partial charge < -0.3 is 15.8 Å². The number of carbonyl (C=O) groups is 1. The number of ether oxygens (including phenoxy) is 1. The van der Waals surface area contributed by atoms with Gasteiger partial charge in [0.15, 0.2) is 0 Å². The number of nitrogen functional groups attached to an aromatic ring is 1. The van der Waals surface area contributed by atoms with Crippen LogP contribution in [0.3, 0.4) is 0 Å². The molecule has 0 heterocycles. The molecule has 2 aromatic rings. The number of fused-ring (bicyclic) bond motifs is 1. The first-order chi connectivity index (χ1) is 10.7. The third-order valence-electron chi connectivity index (χ3n) is 4.14. The van der Waals surface area contributed by atoms with Gasteiger partial charge in [0, 0.05) is 11.3 Å². The lowest BCUT2D eigenvalue weighted by Crippen LogP contribution is -2.31. The van der Waals surface area contributed by atoms with Crippen LogP contribution >= 0.6 is 0 Å². The van der Waals surface area contributed by atoms with Crippen LogP contribution in [0.4, 0.5) is 5.69 Å². The highest BCUT2D eigenvalue weighted by atomic mass is 16.5. The molecular weight excluding hydrogens is 276 g/mol. The van der Waals surface area contributed by atoms with Crippen LogP contribution in [0.25, 0.3) is 0 Å². The van der Waals surface area contributed by atoms with Crippen molar-refractivity contribution in [2.24, 2.45) is 0 Å². The summed E-state index contributed by atoms with van der Waals surface area (Å²) in [6.07, 6.45) is 3.04. The van der Waals surface area contributed by atoms with Gasteiger partial charge in [-0.15, -0.1) is 0 Å². The topological polar surface area (TPSA) is 64.3 Å². The maximum Gasteiger partial charge on any atom is 0.251 e. The number of methoxy groups -OCH3 is 1. The summed E-state index contributed by atoms with van der Waals surface area (Å²) in [6.45, 7) is 0. The van der Waals surface area contributed by atoms with E-state index >= 15 is 0 Å². The van der Waals surface area contributed by atoms with Gasteiger partial charge in [0.1, 0.15) is 5.75 Å². The monoisotopic (exact) mass is 296 g/mol. The third-order valence-corrected chi connectivity index (χ3v) is 4.14. The molecule has 0 radical (unpaired) electrons. The number of amides is 1. The van der Waals surface area contributed by atoms with E-state index in [4.69, 9.17) is 10.5 Å². The smallest absolute Gasteiger partial charge is 0.251 e. The van der Waals surface area contributed by atoms with E-state index in [1.165, 1.54) is 11.1 Å². The Morgan fingerprint density at radius 3 is 2.73 bits per heavy atom. The van der Waals surface area contributed by atoms with Crippen LogP contribution in [0.5, 0.6) is 5.75 Å². The molecular formula is C18H20N2O2. The zero-order valence-corrected chi connectivity index (χ0v) is 12.6. The van der Waals surface area contributed by atoms with Gasteiger partial charge in [-0.25, -0.2) is 0 Å². The van der Waals surface area contributed by atoms with Crippen molar-refractivity contribution >= 4 is 11.6 Å². The quantitative estimate of drug-likeness (QED) is 0.855. The Hall–Kier alpha value is -2.49. The Balaban J connectivity index is 1.77. The SMILES string of the molecule is COc1ccc(C(=O)NC2CCCc3cc(N)ccc32)cc1. The summed E-state index contributed by atoms with van der Waals surface area (Å²) in [4.78, 5) is 12.4. The normalized spacial score (nSPS) is 16.7. The maximum atomic E-state index is 12.4. The second-order valence-corrected chi connectivity index (χ2v) is 5.61. The molecule has 1 amide bonds. The largest absolute Gasteiger partial charge is 0.497 e. The third kappa shape index (κ3) is 2.91. The highest BCUT2D eigenvalue weighted by Crippen LogP contribution is 2.31. The molecule has 0 aliphatic heterocycles. The fourth-order valence-electron chi connectivity index (χ4n) is 2.97. The molecule has 1 atom stereocenters. The number of anilines is 1. The van der Waals surface area contributed by atoms with Gasteiger partial charge in [0.05, 0.1) is 13.2 Å². The maximum absolute atomic E-state index is 12.4. The molecule has 0 spiro atoms. The number of hydrogen-bond acceptors (Lipinski definition) is 3. The lowest BCUT2D eigenvalue weighted by atomic mass is 9.87. The molecule has 3 N–H and O–H groups in total. The zero-order valence-electron chi connectivity index (χ0n) is 12.6. The molecule has 114 valence electrons. The molecule has 1 unspecified atom stereocenters. The predicted octanol–water partition coefficient (Wildman–Crippen LogP) is 3.08. The fraction of sp³-hybridized carbons (Fsp3) is 0.278. The van der Waals surface area contributed by atoms with E-state index in [0.717, 1.165) is 30.7 Å². The van der Waals surface area contributed by atoms with Crippen LogP contribution in [-0.4, -0.2) is 13.0 Å².